The molecule has 0 unspecified atom stereocenters. The number of carboxylic acids is 1. The molecule has 1 N–H and O–H groups in total. The van der Waals surface area contributed by atoms with Crippen molar-refractivity contribution in [2.24, 2.45) is 0 Å². The van der Waals surface area contributed by atoms with Crippen molar-refractivity contribution >= 4 is 31.0 Å². The second-order valence-corrected chi connectivity index (χ2v) is 4.95. The Morgan fingerprint density at radius 1 is 1.12 bits per heavy atom. The van der Waals surface area contributed by atoms with E-state index in [2.05, 4.69) is 0 Å². The van der Waals surface area contributed by atoms with Gasteiger partial charge in [-0.1, -0.05) is 6.92 Å². The van der Waals surface area contributed by atoms with E-state index in [1.165, 1.54) is 14.4 Å². The zero-order valence-electron chi connectivity index (χ0n) is 15.1. The average molecular weight is 379 g/mol. The summed E-state index contributed by atoms with van der Waals surface area (Å²) < 4.78 is 38.2. The summed E-state index contributed by atoms with van der Waals surface area (Å²) in [6.45, 7) is 1.60. The molecule has 0 aliphatic rings. The lowest BCUT2D eigenvalue weighted by Gasteiger charge is -2.10. The lowest BCUT2D eigenvalue weighted by Crippen LogP contribution is -2.19. The van der Waals surface area contributed by atoms with E-state index in [1.807, 2.05) is 0 Å². The number of alkyl halides is 3. The zero-order valence-corrected chi connectivity index (χ0v) is 15.9. The lowest BCUT2D eigenvalue weighted by molar-refractivity contribution is -0.459. The molecule has 24 heavy (non-hydrogen) atoms. The standard InChI is InChI=1S/C8H14F3N2.C3H7NO.C3H6O2.ClH/c1-12(2)5-7(6-13(3)4)8(9,10)11;1-4(2)3-5;1-2-3(4)5;/h5-6H,1-4H3;3H,1-2H3;2H2,1H3,(H,4,5);1H/q+1;;;. The molecule has 0 heterocycles. The molecule has 0 saturated carbocycles. The van der Waals surface area contributed by atoms with Gasteiger partial charge in [0.05, 0.1) is 0 Å². The Kier molecular flexibility index (Phi) is 20.2. The highest BCUT2D eigenvalue weighted by Crippen LogP contribution is 2.23. The first-order valence-corrected chi connectivity index (χ1v) is 6.58. The molecule has 144 valence electrons. The molecule has 0 saturated heterocycles. The fraction of sp³-hybridized carbons (Fsp3) is 0.643. The van der Waals surface area contributed by atoms with Crippen LogP contribution in [0.15, 0.2) is 11.8 Å². The van der Waals surface area contributed by atoms with E-state index in [9.17, 15) is 22.8 Å². The number of aliphatic carboxylic acids is 1. The predicted octanol–water partition coefficient (Wildman–Crippen LogP) is 1.94. The minimum atomic E-state index is -4.30. The second-order valence-electron chi connectivity index (χ2n) is 4.95. The zero-order chi connectivity index (χ0) is 19.2. The quantitative estimate of drug-likeness (QED) is 0.461. The number of halogens is 4. The fourth-order valence-corrected chi connectivity index (χ4v) is 0.736. The molecular formula is C14H28ClF3N3O3+. The number of carbonyl (C=O) groups is 2. The summed E-state index contributed by atoms with van der Waals surface area (Å²) in [5, 5.41) is 7.72. The Hall–Kier alpha value is -1.77. The number of allylic oxidation sites excluding steroid dienone is 1. The van der Waals surface area contributed by atoms with E-state index in [-0.39, 0.29) is 18.8 Å². The average Bonchev–Trinajstić information content (AvgIpc) is 2.37. The van der Waals surface area contributed by atoms with Gasteiger partial charge < -0.3 is 14.9 Å². The highest BCUT2D eigenvalue weighted by atomic mass is 35.5. The van der Waals surface area contributed by atoms with Gasteiger partial charge in [0.15, 0.2) is 6.21 Å². The van der Waals surface area contributed by atoms with Gasteiger partial charge in [0.1, 0.15) is 19.7 Å². The first-order valence-electron chi connectivity index (χ1n) is 6.58. The minimum Gasteiger partial charge on any atom is -0.481 e. The van der Waals surface area contributed by atoms with Crippen LogP contribution in [0.5, 0.6) is 0 Å². The molecule has 0 bridgehead atoms. The number of amides is 1. The lowest BCUT2D eigenvalue weighted by atomic mass is 10.3. The molecule has 0 radical (unpaired) electrons. The van der Waals surface area contributed by atoms with Crippen LogP contribution in [0.1, 0.15) is 13.3 Å². The summed E-state index contributed by atoms with van der Waals surface area (Å²) in [6.07, 6.45) is -1.24. The van der Waals surface area contributed by atoms with Crippen molar-refractivity contribution in [3.8, 4) is 0 Å². The SMILES string of the molecule is CCC(=O)O.CN(C)/C=C(/C=[N+](C)C)C(F)(F)F.CN(C)C=O.Cl. The largest absolute Gasteiger partial charge is 0.481 e. The van der Waals surface area contributed by atoms with Crippen LogP contribution in [0, 0.1) is 0 Å². The van der Waals surface area contributed by atoms with Crippen LogP contribution in [0.2, 0.25) is 0 Å². The molecule has 10 heteroatoms. The van der Waals surface area contributed by atoms with Gasteiger partial charge in [-0.2, -0.15) is 13.2 Å². The highest BCUT2D eigenvalue weighted by molar-refractivity contribution is 5.85. The van der Waals surface area contributed by atoms with E-state index < -0.39 is 17.7 Å². The van der Waals surface area contributed by atoms with E-state index in [4.69, 9.17) is 5.11 Å². The van der Waals surface area contributed by atoms with Gasteiger partial charge in [0.2, 0.25) is 6.41 Å². The van der Waals surface area contributed by atoms with E-state index >= 15 is 0 Å². The Labute approximate surface area is 147 Å². The van der Waals surface area contributed by atoms with Gasteiger partial charge in [0.25, 0.3) is 0 Å². The third kappa shape index (κ3) is 28.4. The molecule has 0 rings (SSSR count). The third-order valence-corrected chi connectivity index (χ3v) is 1.64. The van der Waals surface area contributed by atoms with Gasteiger partial charge in [0, 0.05) is 40.8 Å². The second kappa shape index (κ2) is 16.1. The smallest absolute Gasteiger partial charge is 0.423 e. The fourth-order valence-electron chi connectivity index (χ4n) is 0.736. The number of carboxylic acid groups (broad SMARTS) is 1. The maximum atomic E-state index is 12.3. The van der Waals surface area contributed by atoms with Crippen molar-refractivity contribution in [1.29, 1.82) is 0 Å². The van der Waals surface area contributed by atoms with Crippen LogP contribution in [-0.2, 0) is 9.59 Å². The minimum absolute atomic E-state index is 0. The Balaban J connectivity index is -0.000000151. The van der Waals surface area contributed by atoms with E-state index in [0.29, 0.717) is 0 Å². The molecule has 6 nitrogen and oxygen atoms in total. The molecule has 0 spiro atoms. The number of hydrogen-bond donors (Lipinski definition) is 1. The molecule has 0 aromatic heterocycles. The molecule has 0 aromatic rings. The van der Waals surface area contributed by atoms with Gasteiger partial charge in [-0.3, -0.25) is 9.59 Å². The molecule has 0 aliphatic heterocycles. The molecule has 0 fully saturated rings. The maximum Gasteiger partial charge on any atom is 0.423 e. The van der Waals surface area contributed by atoms with Crippen LogP contribution < -0.4 is 0 Å². The molecule has 0 aromatic carbocycles. The van der Waals surface area contributed by atoms with Crippen LogP contribution in [0.4, 0.5) is 13.2 Å². The van der Waals surface area contributed by atoms with Crippen molar-refractivity contribution in [3.63, 3.8) is 0 Å². The number of nitrogens with zero attached hydrogens (tertiary/aromatic N) is 3. The van der Waals surface area contributed by atoms with Gasteiger partial charge >= 0.3 is 12.1 Å². The molecule has 0 aliphatic carbocycles. The van der Waals surface area contributed by atoms with Crippen LogP contribution in [0.3, 0.4) is 0 Å². The van der Waals surface area contributed by atoms with Crippen LogP contribution in [0.25, 0.3) is 0 Å². The maximum absolute atomic E-state index is 12.3. The van der Waals surface area contributed by atoms with Crippen molar-refractivity contribution in [2.75, 3.05) is 42.3 Å². The van der Waals surface area contributed by atoms with Crippen molar-refractivity contribution in [1.82, 2.24) is 9.80 Å². The monoisotopic (exact) mass is 378 g/mol. The van der Waals surface area contributed by atoms with Crippen LogP contribution in [-0.4, -0.2) is 86.5 Å². The molecular weight excluding hydrogens is 351 g/mol. The van der Waals surface area contributed by atoms with Crippen molar-refractivity contribution in [2.45, 2.75) is 19.5 Å². The first kappa shape index (κ1) is 30.1. The molecule has 0 atom stereocenters. The normalized spacial score (nSPS) is 9.83. The molecule has 1 amide bonds. The summed E-state index contributed by atoms with van der Waals surface area (Å²) >= 11 is 0. The van der Waals surface area contributed by atoms with Crippen LogP contribution >= 0.6 is 12.4 Å². The first-order chi connectivity index (χ1) is 10.3. The highest BCUT2D eigenvalue weighted by Gasteiger charge is 2.34. The Morgan fingerprint density at radius 2 is 1.46 bits per heavy atom. The third-order valence-electron chi connectivity index (χ3n) is 1.64. The topological polar surface area (TPSA) is 63.9 Å². The van der Waals surface area contributed by atoms with Gasteiger partial charge in [-0.25, -0.2) is 4.58 Å². The van der Waals surface area contributed by atoms with Gasteiger partial charge in [-0.15, -0.1) is 12.4 Å². The summed E-state index contributed by atoms with van der Waals surface area (Å²) in [7, 11) is 9.58. The van der Waals surface area contributed by atoms with Gasteiger partial charge in [-0.05, 0) is 0 Å². The summed E-state index contributed by atoms with van der Waals surface area (Å²) in [4.78, 5) is 21.6. The summed E-state index contributed by atoms with van der Waals surface area (Å²) in [5.74, 6) is -0.745. The number of hydrogen-bond acceptors (Lipinski definition) is 3. The summed E-state index contributed by atoms with van der Waals surface area (Å²) in [5.41, 5.74) is -0.664. The van der Waals surface area contributed by atoms with E-state index in [1.54, 1.807) is 49.2 Å². The van der Waals surface area contributed by atoms with Crippen molar-refractivity contribution < 1.29 is 32.4 Å². The number of carbonyl (C=O) groups excluding carboxylic acids is 1. The Bertz CT molecular complexity index is 406. The number of rotatable bonds is 4. The summed E-state index contributed by atoms with van der Waals surface area (Å²) in [6, 6.07) is 0. The Morgan fingerprint density at radius 3 is 1.58 bits per heavy atom. The predicted molar refractivity (Wildman–Crippen MR) is 90.9 cm³/mol. The van der Waals surface area contributed by atoms with E-state index in [0.717, 1.165) is 18.8 Å². The van der Waals surface area contributed by atoms with Crippen molar-refractivity contribution in [3.05, 3.63) is 11.8 Å².